The first kappa shape index (κ1) is 45.7. The fourth-order valence-electron chi connectivity index (χ4n) is 8.57. The van der Waals surface area contributed by atoms with E-state index in [1.165, 1.54) is 44.8 Å². The Morgan fingerprint density at radius 2 is 0.581 bits per heavy atom. The van der Waals surface area contributed by atoms with Gasteiger partial charge in [0.05, 0.1) is 33.8 Å². The van der Waals surface area contributed by atoms with Gasteiger partial charge in [0.15, 0.2) is 0 Å². The molecule has 5 aromatic carbocycles. The maximum Gasteiger partial charge on any atom is 0.494 e. The van der Waals surface area contributed by atoms with Crippen LogP contribution in [0.2, 0.25) is 0 Å². The van der Waals surface area contributed by atoms with Crippen LogP contribution >= 0.6 is 0 Å². The zero-order chi connectivity index (χ0) is 45.5. The average Bonchev–Trinajstić information content (AvgIpc) is 3.53. The Labute approximate surface area is 374 Å². The zero-order valence-corrected chi connectivity index (χ0v) is 40.9. The van der Waals surface area contributed by atoms with Gasteiger partial charge in [0.2, 0.25) is 0 Å². The molecule has 0 radical (unpaired) electrons. The van der Waals surface area contributed by atoms with E-state index in [1.807, 2.05) is 0 Å². The summed E-state index contributed by atoms with van der Waals surface area (Å²) in [6, 6.07) is 35.8. The summed E-state index contributed by atoms with van der Waals surface area (Å²) in [6.07, 6.45) is 0. The van der Waals surface area contributed by atoms with Gasteiger partial charge in [0.25, 0.3) is 0 Å². The monoisotopic (exact) mass is 833 g/mol. The molecule has 8 heteroatoms. The lowest BCUT2D eigenvalue weighted by Crippen LogP contribution is -2.41. The maximum atomic E-state index is 6.45. The number of hydrogen-bond acceptors (Lipinski definition) is 6. The van der Waals surface area contributed by atoms with E-state index in [2.05, 4.69) is 231 Å². The summed E-state index contributed by atoms with van der Waals surface area (Å²) < 4.78 is 25.8. The summed E-state index contributed by atoms with van der Waals surface area (Å²) in [5.41, 5.74) is 14.6. The van der Waals surface area contributed by atoms with Gasteiger partial charge >= 0.3 is 14.2 Å². The summed E-state index contributed by atoms with van der Waals surface area (Å²) in [7, 11) is -0.865. The van der Waals surface area contributed by atoms with Crippen molar-refractivity contribution in [3.05, 3.63) is 130 Å². The molecule has 2 aliphatic heterocycles. The van der Waals surface area contributed by atoms with Crippen LogP contribution in [0, 0.1) is 27.7 Å². The first-order valence-corrected chi connectivity index (χ1v) is 22.5. The van der Waals surface area contributed by atoms with E-state index in [1.54, 1.807) is 0 Å². The van der Waals surface area contributed by atoms with Gasteiger partial charge in [0, 0.05) is 22.7 Å². The SMILES string of the molecule is Cc1cc(C(C)(C)C)cc(C)c1N(c1ccc(B2OC(C)(C)C(C)(C)O2)cc1)c1ccc(N(c2ccc(B3OC(C)(C)C(C)(C)O3)cc2)c2c(C)cc(C(C)(C)C)cc2C)cc1. The van der Waals surface area contributed by atoms with Crippen LogP contribution in [-0.2, 0) is 29.4 Å². The van der Waals surface area contributed by atoms with Crippen molar-refractivity contribution < 1.29 is 18.6 Å². The van der Waals surface area contributed by atoms with Crippen LogP contribution in [0.25, 0.3) is 0 Å². The Morgan fingerprint density at radius 3 is 0.790 bits per heavy atom. The molecule has 0 atom stereocenters. The van der Waals surface area contributed by atoms with Crippen molar-refractivity contribution in [3.63, 3.8) is 0 Å². The third kappa shape index (κ3) is 8.53. The second kappa shape index (κ2) is 15.7. The molecule has 0 spiro atoms. The molecule has 2 saturated heterocycles. The van der Waals surface area contributed by atoms with Crippen LogP contribution in [0.3, 0.4) is 0 Å². The predicted molar refractivity (Wildman–Crippen MR) is 264 cm³/mol. The Kier molecular flexibility index (Phi) is 11.6. The molecular formula is C54H70B2N2O4. The van der Waals surface area contributed by atoms with E-state index < -0.39 is 36.6 Å². The molecule has 0 aromatic heterocycles. The summed E-state index contributed by atoms with van der Waals surface area (Å²) in [5, 5.41) is 0. The number of hydrogen-bond donors (Lipinski definition) is 0. The van der Waals surface area contributed by atoms with Gasteiger partial charge in [-0.2, -0.15) is 0 Å². The second-order valence-corrected chi connectivity index (χ2v) is 22.0. The van der Waals surface area contributed by atoms with E-state index >= 15 is 0 Å². The standard InChI is InChI=1S/C54H70B2N2O4/c1-35-31-39(49(5,6)7)32-36(2)47(35)57(43-23-19-41(20-24-43)55-59-51(11,12)52(13,14)60-55)45-27-29-46(30-28-45)58(48-37(3)33-40(34-38(48)4)50(8,9)10)44-25-21-42(22-26-44)56-61-53(15,16)54(17,18)62-56/h19-34H,1-18H3. The molecule has 7 rings (SSSR count). The topological polar surface area (TPSA) is 43.4 Å². The minimum Gasteiger partial charge on any atom is -0.399 e. The first-order valence-electron chi connectivity index (χ1n) is 22.5. The third-order valence-corrected chi connectivity index (χ3v) is 13.9. The quantitative estimate of drug-likeness (QED) is 0.145. The third-order valence-electron chi connectivity index (χ3n) is 13.9. The fraction of sp³-hybridized carbons (Fsp3) is 0.444. The number of benzene rings is 5. The van der Waals surface area contributed by atoms with Crippen LogP contribution < -0.4 is 20.7 Å². The van der Waals surface area contributed by atoms with Gasteiger partial charge in [0.1, 0.15) is 0 Å². The van der Waals surface area contributed by atoms with Crippen molar-refractivity contribution in [3.8, 4) is 0 Å². The Bertz CT molecular complexity index is 2190. The number of anilines is 6. The summed E-state index contributed by atoms with van der Waals surface area (Å²) >= 11 is 0. The van der Waals surface area contributed by atoms with Crippen molar-refractivity contribution in [2.24, 2.45) is 0 Å². The molecular weight excluding hydrogens is 762 g/mol. The average molecular weight is 833 g/mol. The minimum atomic E-state index is -0.433. The first-order chi connectivity index (χ1) is 28.6. The zero-order valence-electron chi connectivity index (χ0n) is 40.9. The van der Waals surface area contributed by atoms with Crippen molar-refractivity contribution in [2.75, 3.05) is 9.80 Å². The van der Waals surface area contributed by atoms with E-state index in [-0.39, 0.29) is 10.8 Å². The van der Waals surface area contributed by atoms with Crippen LogP contribution in [-0.4, -0.2) is 36.6 Å². The highest BCUT2D eigenvalue weighted by Crippen LogP contribution is 2.45. The highest BCUT2D eigenvalue weighted by atomic mass is 16.7. The molecule has 2 fully saturated rings. The minimum absolute atomic E-state index is 0.0261. The summed E-state index contributed by atoms with van der Waals surface area (Å²) in [5.74, 6) is 0. The Morgan fingerprint density at radius 1 is 0.371 bits per heavy atom. The molecule has 2 heterocycles. The smallest absolute Gasteiger partial charge is 0.399 e. The van der Waals surface area contributed by atoms with Gasteiger partial charge in [-0.05, 0) is 187 Å². The van der Waals surface area contributed by atoms with E-state index in [9.17, 15) is 0 Å². The molecule has 0 unspecified atom stereocenters. The number of aryl methyl sites for hydroxylation is 4. The van der Waals surface area contributed by atoms with Crippen molar-refractivity contribution >= 4 is 59.3 Å². The van der Waals surface area contributed by atoms with Gasteiger partial charge in [-0.1, -0.05) is 90.1 Å². The lowest BCUT2D eigenvalue weighted by atomic mass is 9.79. The molecule has 5 aromatic rings. The van der Waals surface area contributed by atoms with Crippen LogP contribution in [0.5, 0.6) is 0 Å². The largest absolute Gasteiger partial charge is 0.494 e. The van der Waals surface area contributed by atoms with Gasteiger partial charge < -0.3 is 28.4 Å². The molecule has 0 saturated carbocycles. The Hall–Kier alpha value is -4.33. The molecule has 6 nitrogen and oxygen atoms in total. The second-order valence-electron chi connectivity index (χ2n) is 22.0. The maximum absolute atomic E-state index is 6.45. The highest BCUT2D eigenvalue weighted by molar-refractivity contribution is 6.62. The van der Waals surface area contributed by atoms with Crippen LogP contribution in [0.1, 0.15) is 130 Å². The molecule has 0 N–H and O–H groups in total. The van der Waals surface area contributed by atoms with E-state index in [4.69, 9.17) is 18.6 Å². The van der Waals surface area contributed by atoms with E-state index in [0.717, 1.165) is 33.7 Å². The van der Waals surface area contributed by atoms with Gasteiger partial charge in [-0.15, -0.1) is 0 Å². The predicted octanol–water partition coefficient (Wildman–Crippen LogP) is 13.1. The molecule has 0 bridgehead atoms. The van der Waals surface area contributed by atoms with Crippen LogP contribution in [0.4, 0.5) is 34.1 Å². The van der Waals surface area contributed by atoms with E-state index in [0.29, 0.717) is 0 Å². The van der Waals surface area contributed by atoms with Crippen molar-refractivity contribution in [2.45, 2.75) is 158 Å². The molecule has 0 aliphatic carbocycles. The van der Waals surface area contributed by atoms with Gasteiger partial charge in [-0.3, -0.25) is 0 Å². The molecule has 62 heavy (non-hydrogen) atoms. The normalized spacial score (nSPS) is 18.0. The molecule has 0 amide bonds. The van der Waals surface area contributed by atoms with Crippen molar-refractivity contribution in [1.82, 2.24) is 0 Å². The van der Waals surface area contributed by atoms with Gasteiger partial charge in [-0.25, -0.2) is 0 Å². The Balaban J connectivity index is 1.33. The highest BCUT2D eigenvalue weighted by Gasteiger charge is 2.52. The summed E-state index contributed by atoms with van der Waals surface area (Å²) in [4.78, 5) is 4.79. The van der Waals surface area contributed by atoms with Crippen molar-refractivity contribution in [1.29, 1.82) is 0 Å². The fourth-order valence-corrected chi connectivity index (χ4v) is 8.57. The molecule has 326 valence electrons. The number of nitrogens with zero attached hydrogens (tertiary/aromatic N) is 2. The van der Waals surface area contributed by atoms with Crippen LogP contribution in [0.15, 0.2) is 97.1 Å². The summed E-state index contributed by atoms with van der Waals surface area (Å²) in [6.45, 7) is 39.4. The lowest BCUT2D eigenvalue weighted by molar-refractivity contribution is 0.00578. The number of rotatable bonds is 8. The lowest BCUT2D eigenvalue weighted by Gasteiger charge is -2.33. The molecule has 2 aliphatic rings.